The molecule has 0 bridgehead atoms. The average Bonchev–Trinajstić information content (AvgIpc) is 2.53. The van der Waals surface area contributed by atoms with E-state index in [1.165, 1.54) is 0 Å². The molecular weight excluding hydrogens is 418 g/mol. The molecule has 2 heterocycles. The largest absolute Gasteiger partial charge is 0.238 e. The third-order valence-electron chi connectivity index (χ3n) is 3.13. The van der Waals surface area contributed by atoms with Crippen LogP contribution < -0.4 is 10.3 Å². The van der Waals surface area contributed by atoms with E-state index < -0.39 is 43.5 Å². The summed E-state index contributed by atoms with van der Waals surface area (Å²) in [4.78, 5) is 14.6. The van der Waals surface area contributed by atoms with Crippen LogP contribution in [0.2, 0.25) is 0 Å². The van der Waals surface area contributed by atoms with Gasteiger partial charge < -0.3 is 0 Å². The topological polar surface area (TPSA) is 172 Å². The van der Waals surface area contributed by atoms with Gasteiger partial charge in [0.25, 0.3) is 0 Å². The summed E-state index contributed by atoms with van der Waals surface area (Å²) in [6, 6.07) is 0. The molecule has 2 rings (SSSR count). The summed E-state index contributed by atoms with van der Waals surface area (Å²) in [5.74, 6) is -1.97. The minimum absolute atomic E-state index is 0.251. The van der Waals surface area contributed by atoms with Gasteiger partial charge in [-0.25, -0.2) is 55.8 Å². The van der Waals surface area contributed by atoms with Crippen molar-refractivity contribution in [3.63, 3.8) is 0 Å². The first-order valence-corrected chi connectivity index (χ1v) is 11.2. The second-order valence-corrected chi connectivity index (χ2v) is 9.30. The summed E-state index contributed by atoms with van der Waals surface area (Å²) in [5, 5.41) is 9.69. The monoisotopic (exact) mass is 438 g/mol. The Labute approximate surface area is 161 Å². The molecule has 0 aliphatic carbocycles. The van der Waals surface area contributed by atoms with Crippen molar-refractivity contribution < 1.29 is 25.6 Å². The van der Waals surface area contributed by atoms with Gasteiger partial charge in [0.15, 0.2) is 11.6 Å². The van der Waals surface area contributed by atoms with Crippen LogP contribution >= 0.6 is 0 Å². The average molecular weight is 438 g/mol. The Morgan fingerprint density at radius 2 is 1.00 bits per heavy atom. The summed E-state index contributed by atoms with van der Waals surface area (Å²) in [6.45, 7) is 3.22. The molecule has 0 spiro atoms. The van der Waals surface area contributed by atoms with Gasteiger partial charge in [0.2, 0.25) is 20.0 Å². The summed E-state index contributed by atoms with van der Waals surface area (Å²) in [5.41, 5.74) is 0. The Morgan fingerprint density at radius 1 is 0.750 bits per heavy atom. The number of halogens is 2. The van der Waals surface area contributed by atoms with Crippen molar-refractivity contribution in [2.75, 3.05) is 11.5 Å². The Kier molecular flexibility index (Phi) is 8.41. The van der Waals surface area contributed by atoms with Crippen molar-refractivity contribution >= 4 is 20.0 Å². The van der Waals surface area contributed by atoms with Crippen molar-refractivity contribution in [3.05, 3.63) is 48.1 Å². The van der Waals surface area contributed by atoms with E-state index in [2.05, 4.69) is 19.9 Å². The summed E-state index contributed by atoms with van der Waals surface area (Å²) in [7, 11) is -7.11. The molecule has 0 aliphatic rings. The van der Waals surface area contributed by atoms with Gasteiger partial charge in [0, 0.05) is 11.8 Å². The molecule has 4 N–H and O–H groups in total. The van der Waals surface area contributed by atoms with E-state index in [0.717, 1.165) is 24.8 Å². The molecule has 0 unspecified atom stereocenters. The van der Waals surface area contributed by atoms with E-state index >= 15 is 0 Å². The van der Waals surface area contributed by atoms with E-state index in [9.17, 15) is 25.6 Å². The lowest BCUT2D eigenvalue weighted by Crippen LogP contribution is -2.21. The molecule has 0 aliphatic heterocycles. The highest BCUT2D eigenvalue weighted by atomic mass is 32.2. The highest BCUT2D eigenvalue weighted by Gasteiger charge is 2.16. The van der Waals surface area contributed by atoms with E-state index in [4.69, 9.17) is 10.3 Å². The van der Waals surface area contributed by atoms with Gasteiger partial charge in [0.05, 0.1) is 36.3 Å². The second kappa shape index (κ2) is 9.86. The number of nitrogens with zero attached hydrogens (tertiary/aromatic N) is 4. The van der Waals surface area contributed by atoms with E-state index in [-0.39, 0.29) is 23.2 Å². The zero-order chi connectivity index (χ0) is 21.5. The molecule has 0 saturated carbocycles. The number of rotatable bonds is 6. The van der Waals surface area contributed by atoms with Crippen molar-refractivity contribution in [1.29, 1.82) is 0 Å². The van der Waals surface area contributed by atoms with E-state index in [1.54, 1.807) is 13.8 Å². The van der Waals surface area contributed by atoms with Gasteiger partial charge in [-0.3, -0.25) is 0 Å². The predicted octanol–water partition coefficient (Wildman–Crippen LogP) is 0.0154. The first-order valence-electron chi connectivity index (χ1n) is 7.72. The maximum absolute atomic E-state index is 12.4. The Hall–Kier alpha value is -2.16. The molecule has 0 saturated heterocycles. The highest BCUT2D eigenvalue weighted by Crippen LogP contribution is 2.11. The third-order valence-corrected chi connectivity index (χ3v) is 5.06. The van der Waals surface area contributed by atoms with Crippen molar-refractivity contribution in [3.8, 4) is 0 Å². The maximum atomic E-state index is 12.4. The molecule has 2 aromatic rings. The van der Waals surface area contributed by atoms with Gasteiger partial charge >= 0.3 is 0 Å². The lowest BCUT2D eigenvalue weighted by Gasteiger charge is -2.07. The van der Waals surface area contributed by atoms with Crippen LogP contribution in [0.1, 0.15) is 37.3 Å². The summed E-state index contributed by atoms with van der Waals surface area (Å²) < 4.78 is 67.8. The zero-order valence-corrected chi connectivity index (χ0v) is 16.7. The van der Waals surface area contributed by atoms with Crippen LogP contribution in [-0.2, 0) is 20.0 Å². The van der Waals surface area contributed by atoms with Gasteiger partial charge in [-0.05, 0) is 0 Å². The number of sulfonamides is 2. The van der Waals surface area contributed by atoms with Crippen LogP contribution in [0.15, 0.2) is 24.8 Å². The van der Waals surface area contributed by atoms with Crippen molar-refractivity contribution in [1.82, 2.24) is 19.9 Å². The maximum Gasteiger partial charge on any atom is 0.209 e. The van der Waals surface area contributed by atoms with Crippen molar-refractivity contribution in [2.24, 2.45) is 10.3 Å². The van der Waals surface area contributed by atoms with E-state index in [0.29, 0.717) is 0 Å². The van der Waals surface area contributed by atoms with Gasteiger partial charge in [-0.1, -0.05) is 13.8 Å². The number of primary sulfonamides is 2. The Balaban J connectivity index is 0.000000280. The Bertz CT molecular complexity index is 888. The predicted molar refractivity (Wildman–Crippen MR) is 96.8 cm³/mol. The van der Waals surface area contributed by atoms with E-state index in [1.807, 2.05) is 0 Å². The first kappa shape index (κ1) is 23.9. The number of hydrogen-bond donors (Lipinski definition) is 2. The van der Waals surface area contributed by atoms with Crippen LogP contribution in [-0.4, -0.2) is 48.3 Å². The third kappa shape index (κ3) is 9.68. The number of hydrogen-bond acceptors (Lipinski definition) is 8. The molecule has 28 heavy (non-hydrogen) atoms. The quantitative estimate of drug-likeness (QED) is 0.635. The zero-order valence-electron chi connectivity index (χ0n) is 15.0. The SMILES string of the molecule is C[C@@H](CS(N)(=O)=O)c1ncc(F)cn1.C[C@H](CS(N)(=O)=O)c1ncc(F)cn1. The van der Waals surface area contributed by atoms with Crippen LogP contribution in [0, 0.1) is 11.6 Å². The number of aromatic nitrogens is 4. The molecule has 156 valence electrons. The van der Waals surface area contributed by atoms with Gasteiger partial charge in [0.1, 0.15) is 11.6 Å². The molecular formula is C14H20F2N6O4S2. The normalized spacial score (nSPS) is 13.9. The van der Waals surface area contributed by atoms with Crippen molar-refractivity contribution in [2.45, 2.75) is 25.7 Å². The smallest absolute Gasteiger partial charge is 0.209 e. The lowest BCUT2D eigenvalue weighted by atomic mass is 10.2. The van der Waals surface area contributed by atoms with Crippen LogP contribution in [0.25, 0.3) is 0 Å². The lowest BCUT2D eigenvalue weighted by molar-refractivity contribution is 0.583. The molecule has 10 nitrogen and oxygen atoms in total. The van der Waals surface area contributed by atoms with Gasteiger partial charge in [-0.15, -0.1) is 0 Å². The molecule has 14 heteroatoms. The first-order chi connectivity index (χ1) is 12.8. The van der Waals surface area contributed by atoms with Crippen LogP contribution in [0.3, 0.4) is 0 Å². The minimum Gasteiger partial charge on any atom is -0.238 e. The van der Waals surface area contributed by atoms with Crippen LogP contribution in [0.5, 0.6) is 0 Å². The fourth-order valence-corrected chi connectivity index (χ4v) is 3.69. The summed E-state index contributed by atoms with van der Waals surface area (Å²) >= 11 is 0. The molecule has 0 fully saturated rings. The molecule has 0 aromatic carbocycles. The minimum atomic E-state index is -3.56. The van der Waals surface area contributed by atoms with Crippen LogP contribution in [0.4, 0.5) is 8.78 Å². The standard InChI is InChI=1S/2C7H10FN3O2S/c2*1-5(4-14(9,12)13)7-10-2-6(8)3-11-7/h2*2-3,5H,4H2,1H3,(H2,9,12,13)/t2*5-/m10/s1. The molecule has 2 atom stereocenters. The fourth-order valence-electron chi connectivity index (χ4n) is 2.00. The summed E-state index contributed by atoms with van der Waals surface area (Å²) in [6.07, 6.45) is 3.95. The highest BCUT2D eigenvalue weighted by molar-refractivity contribution is 7.89. The molecule has 0 radical (unpaired) electrons. The number of nitrogens with two attached hydrogens (primary N) is 2. The molecule has 0 amide bonds. The second-order valence-electron chi connectivity index (χ2n) is 5.98. The Morgan fingerprint density at radius 3 is 1.21 bits per heavy atom. The molecule has 2 aromatic heterocycles. The van der Waals surface area contributed by atoms with Gasteiger partial charge in [-0.2, -0.15) is 0 Å². The fraction of sp³-hybridized carbons (Fsp3) is 0.429.